The second-order valence-corrected chi connectivity index (χ2v) is 7.87. The Hall–Kier alpha value is -3.12. The number of rotatable bonds is 6. The van der Waals surface area contributed by atoms with E-state index < -0.39 is 18.2 Å². The molecule has 0 radical (unpaired) electrons. The molecule has 0 bridgehead atoms. The summed E-state index contributed by atoms with van der Waals surface area (Å²) in [4.78, 5) is 24.6. The molecule has 1 aromatic carbocycles. The summed E-state index contributed by atoms with van der Waals surface area (Å²) in [6.07, 6.45) is 15.3. The quantitative estimate of drug-likeness (QED) is 0.265. The van der Waals surface area contributed by atoms with Crippen molar-refractivity contribution < 1.29 is 24.5 Å². The van der Waals surface area contributed by atoms with E-state index in [1.165, 1.54) is 18.3 Å². The van der Waals surface area contributed by atoms with Crippen LogP contribution in [0.25, 0.3) is 0 Å². The van der Waals surface area contributed by atoms with Crippen LogP contribution in [-0.4, -0.2) is 34.3 Å². The van der Waals surface area contributed by atoms with Gasteiger partial charge in [0.2, 0.25) is 5.91 Å². The van der Waals surface area contributed by atoms with Crippen molar-refractivity contribution >= 4 is 11.9 Å². The number of allylic oxidation sites excluding steroid dienone is 5. The van der Waals surface area contributed by atoms with Crippen molar-refractivity contribution in [3.63, 3.8) is 0 Å². The van der Waals surface area contributed by atoms with Crippen LogP contribution in [0, 0.1) is 5.92 Å². The molecule has 2 rings (SSSR count). The predicted octanol–water partition coefficient (Wildman–Crippen LogP) is 4.35. The number of nitrogens with one attached hydrogen (secondary N) is 1. The van der Waals surface area contributed by atoms with Crippen molar-refractivity contribution in [3.05, 3.63) is 78.1 Å². The van der Waals surface area contributed by atoms with E-state index >= 15 is 0 Å². The zero-order valence-corrected chi connectivity index (χ0v) is 18.7. The Bertz CT molecular complexity index is 884. The Kier molecular flexibility index (Phi) is 10.5. The van der Waals surface area contributed by atoms with Crippen LogP contribution < -0.4 is 5.32 Å². The van der Waals surface area contributed by atoms with Crippen molar-refractivity contribution in [2.45, 2.75) is 58.2 Å². The van der Waals surface area contributed by atoms with Crippen LogP contribution in [0.2, 0.25) is 0 Å². The minimum absolute atomic E-state index is 0.000482. The van der Waals surface area contributed by atoms with Gasteiger partial charge in [-0.15, -0.1) is 0 Å². The number of aromatic hydroxyl groups is 1. The molecule has 0 fully saturated rings. The van der Waals surface area contributed by atoms with E-state index in [2.05, 4.69) is 5.32 Å². The third-order valence-electron chi connectivity index (χ3n) is 5.25. The van der Waals surface area contributed by atoms with Crippen LogP contribution in [0.5, 0.6) is 5.75 Å². The largest absolute Gasteiger partial charge is 0.507 e. The van der Waals surface area contributed by atoms with Gasteiger partial charge in [0.05, 0.1) is 6.10 Å². The number of fused-ring (bicyclic) bond motifs is 1. The molecule has 0 aromatic heterocycles. The van der Waals surface area contributed by atoms with E-state index in [1.807, 2.05) is 32.1 Å². The van der Waals surface area contributed by atoms with Crippen LogP contribution >= 0.6 is 0 Å². The number of amides is 1. The number of hydrogen-bond acceptors (Lipinski definition) is 5. The Labute approximate surface area is 190 Å². The van der Waals surface area contributed by atoms with Crippen molar-refractivity contribution in [2.24, 2.45) is 5.92 Å². The number of ether oxygens (including phenoxy) is 1. The molecular weight excluding hydrogens is 406 g/mol. The molecule has 0 saturated heterocycles. The summed E-state index contributed by atoms with van der Waals surface area (Å²) in [5.41, 5.74) is 0.832. The molecule has 0 unspecified atom stereocenters. The highest BCUT2D eigenvalue weighted by molar-refractivity contribution is 5.94. The van der Waals surface area contributed by atoms with Crippen LogP contribution in [0.4, 0.5) is 0 Å². The van der Waals surface area contributed by atoms with Gasteiger partial charge < -0.3 is 20.3 Å². The third kappa shape index (κ3) is 8.19. The highest BCUT2D eigenvalue weighted by atomic mass is 16.5. The Morgan fingerprint density at radius 1 is 1.25 bits per heavy atom. The fourth-order valence-corrected chi connectivity index (χ4v) is 3.34. The van der Waals surface area contributed by atoms with E-state index in [4.69, 9.17) is 4.74 Å². The molecule has 32 heavy (non-hydrogen) atoms. The van der Waals surface area contributed by atoms with E-state index in [1.54, 1.807) is 30.4 Å². The monoisotopic (exact) mass is 439 g/mol. The molecule has 0 spiro atoms. The minimum Gasteiger partial charge on any atom is -0.507 e. The predicted molar refractivity (Wildman–Crippen MR) is 125 cm³/mol. The Morgan fingerprint density at radius 3 is 2.84 bits per heavy atom. The summed E-state index contributed by atoms with van der Waals surface area (Å²) in [5, 5.41) is 23.4. The average molecular weight is 440 g/mol. The molecule has 1 aliphatic heterocycles. The molecule has 1 heterocycles. The topological polar surface area (TPSA) is 95.9 Å². The zero-order valence-electron chi connectivity index (χ0n) is 18.7. The first-order chi connectivity index (χ1) is 15.4. The van der Waals surface area contributed by atoms with Gasteiger partial charge >= 0.3 is 5.97 Å². The van der Waals surface area contributed by atoms with Crippen molar-refractivity contribution in [2.75, 3.05) is 0 Å². The molecule has 0 aliphatic carbocycles. The average Bonchev–Trinajstić information content (AvgIpc) is 2.76. The number of benzene rings is 1. The fraction of sp³-hybridized carbons (Fsp3) is 0.385. The van der Waals surface area contributed by atoms with E-state index in [0.717, 1.165) is 6.42 Å². The Morgan fingerprint density at radius 2 is 2.06 bits per heavy atom. The number of cyclic esters (lactones) is 1. The van der Waals surface area contributed by atoms with Crippen molar-refractivity contribution in [1.29, 1.82) is 0 Å². The van der Waals surface area contributed by atoms with Crippen LogP contribution in [-0.2, 0) is 16.0 Å². The minimum atomic E-state index is -0.656. The molecule has 172 valence electrons. The van der Waals surface area contributed by atoms with Crippen molar-refractivity contribution in [3.8, 4) is 5.75 Å². The number of esters is 1. The number of phenolic OH excluding ortho intramolecular Hbond substituents is 1. The van der Waals surface area contributed by atoms with Crippen LogP contribution in [0.15, 0.2) is 66.9 Å². The molecule has 1 amide bonds. The third-order valence-corrected chi connectivity index (χ3v) is 5.25. The maximum absolute atomic E-state index is 12.9. The first-order valence-corrected chi connectivity index (χ1v) is 11.1. The molecule has 0 saturated carbocycles. The van der Waals surface area contributed by atoms with E-state index in [9.17, 15) is 19.8 Å². The van der Waals surface area contributed by atoms with E-state index in [-0.39, 0.29) is 29.6 Å². The van der Waals surface area contributed by atoms with Gasteiger partial charge in [0.15, 0.2) is 0 Å². The number of phenols is 1. The molecule has 6 heteroatoms. The second-order valence-electron chi connectivity index (χ2n) is 7.87. The van der Waals surface area contributed by atoms with Crippen LogP contribution in [0.3, 0.4) is 0 Å². The van der Waals surface area contributed by atoms with Gasteiger partial charge in [-0.3, -0.25) is 4.79 Å². The summed E-state index contributed by atoms with van der Waals surface area (Å²) in [7, 11) is 0. The standard InChI is InChI=1S/C26H33NO5/c1-3-4-5-6-16-24(30)27-17-10-14-21-18-23(29)19(2)11-7-8-12-20-13-9-15-22(28)25(20)26(31)32-21/h4-10,13,15-17,19,21,23,28-29H,3,11-12,14,18H2,1-2H3,(H,27,30)/b5-4+,8-7+,16-6-,17-10+/t19-,21-,23+/m0/s1. The van der Waals surface area contributed by atoms with Gasteiger partial charge in [0, 0.05) is 25.1 Å². The van der Waals surface area contributed by atoms with Crippen molar-refractivity contribution in [1.82, 2.24) is 5.32 Å². The molecule has 6 nitrogen and oxygen atoms in total. The highest BCUT2D eigenvalue weighted by Gasteiger charge is 2.25. The van der Waals surface area contributed by atoms with Gasteiger partial charge in [0.25, 0.3) is 0 Å². The number of aliphatic hydroxyl groups excluding tert-OH is 1. The lowest BCUT2D eigenvalue weighted by Gasteiger charge is -2.24. The normalized spacial score (nSPS) is 23.5. The molecular formula is C26H33NO5. The lowest BCUT2D eigenvalue weighted by Crippen LogP contribution is -2.28. The first-order valence-electron chi connectivity index (χ1n) is 11.1. The summed E-state index contributed by atoms with van der Waals surface area (Å²) in [5.74, 6) is -1.02. The second kappa shape index (κ2) is 13.3. The fourth-order valence-electron chi connectivity index (χ4n) is 3.34. The number of hydrogen-bond donors (Lipinski definition) is 3. The summed E-state index contributed by atoms with van der Waals surface area (Å²) < 4.78 is 5.68. The van der Waals surface area contributed by atoms with Crippen LogP contribution in [0.1, 0.15) is 55.5 Å². The maximum Gasteiger partial charge on any atom is 0.342 e. The summed E-state index contributed by atoms with van der Waals surface area (Å²) >= 11 is 0. The number of aliphatic hydroxyl groups is 1. The molecule has 3 atom stereocenters. The lowest BCUT2D eigenvalue weighted by molar-refractivity contribution is -0.115. The number of carbonyl (C=O) groups excluding carboxylic acids is 2. The number of carbonyl (C=O) groups is 2. The highest BCUT2D eigenvalue weighted by Crippen LogP contribution is 2.26. The molecule has 1 aliphatic rings. The lowest BCUT2D eigenvalue weighted by atomic mass is 9.93. The van der Waals surface area contributed by atoms with Gasteiger partial charge in [-0.1, -0.05) is 62.4 Å². The van der Waals surface area contributed by atoms with Gasteiger partial charge in [-0.2, -0.15) is 0 Å². The summed E-state index contributed by atoms with van der Waals surface area (Å²) in [6, 6.07) is 4.95. The smallest absolute Gasteiger partial charge is 0.342 e. The molecule has 3 N–H and O–H groups in total. The Balaban J connectivity index is 2.11. The zero-order chi connectivity index (χ0) is 23.3. The van der Waals surface area contributed by atoms with Gasteiger partial charge in [0.1, 0.15) is 17.4 Å². The van der Waals surface area contributed by atoms with Gasteiger partial charge in [-0.05, 0) is 36.8 Å². The first kappa shape index (κ1) is 25.1. The molecule has 1 aromatic rings. The van der Waals surface area contributed by atoms with E-state index in [0.29, 0.717) is 24.8 Å². The van der Waals surface area contributed by atoms with Gasteiger partial charge in [-0.25, -0.2) is 4.79 Å². The maximum atomic E-state index is 12.9. The summed E-state index contributed by atoms with van der Waals surface area (Å²) in [6.45, 7) is 3.96. The SMILES string of the molecule is CC/C=C/C=C\C(=O)N/C=C/C[C@H]1C[C@@H](O)[C@@H](C)C/C=C/Cc2cccc(O)c2C(=O)O1.